The summed E-state index contributed by atoms with van der Waals surface area (Å²) < 4.78 is 16.9. The van der Waals surface area contributed by atoms with E-state index in [9.17, 15) is 14.4 Å². The van der Waals surface area contributed by atoms with E-state index in [0.29, 0.717) is 19.3 Å². The minimum absolute atomic E-state index is 0.105. The molecule has 1 atom stereocenters. The van der Waals surface area contributed by atoms with Crippen molar-refractivity contribution in [3.05, 3.63) is 158 Å². The third-order valence-electron chi connectivity index (χ3n) is 14.0. The second kappa shape index (κ2) is 69.5. The van der Waals surface area contributed by atoms with E-state index >= 15 is 0 Å². The summed E-state index contributed by atoms with van der Waals surface area (Å²) in [7, 11) is 0. The zero-order valence-electron chi connectivity index (χ0n) is 53.7. The first-order valence-electron chi connectivity index (χ1n) is 34.0. The van der Waals surface area contributed by atoms with Gasteiger partial charge >= 0.3 is 17.9 Å². The van der Waals surface area contributed by atoms with Gasteiger partial charge in [-0.1, -0.05) is 281 Å². The molecule has 0 aliphatic heterocycles. The second-order valence-electron chi connectivity index (χ2n) is 22.0. The smallest absolute Gasteiger partial charge is 0.306 e. The largest absolute Gasteiger partial charge is 0.462 e. The number of unbranched alkanes of at least 4 members (excludes halogenated alkanes) is 23. The van der Waals surface area contributed by atoms with E-state index in [-0.39, 0.29) is 31.1 Å². The molecule has 0 aromatic heterocycles. The maximum Gasteiger partial charge on any atom is 0.306 e. The number of carbonyl (C=O) groups excluding carboxylic acids is 3. The highest BCUT2D eigenvalue weighted by Crippen LogP contribution is 2.15. The van der Waals surface area contributed by atoms with Gasteiger partial charge in [-0.2, -0.15) is 0 Å². The topological polar surface area (TPSA) is 78.9 Å². The van der Waals surface area contributed by atoms with E-state index in [4.69, 9.17) is 14.2 Å². The highest BCUT2D eigenvalue weighted by atomic mass is 16.6. The van der Waals surface area contributed by atoms with Crippen molar-refractivity contribution in [3.8, 4) is 0 Å². The van der Waals surface area contributed by atoms with Crippen molar-refractivity contribution in [1.29, 1.82) is 0 Å². The van der Waals surface area contributed by atoms with Gasteiger partial charge in [0.25, 0.3) is 0 Å². The van der Waals surface area contributed by atoms with Crippen molar-refractivity contribution in [2.24, 2.45) is 0 Å². The lowest BCUT2D eigenvalue weighted by atomic mass is 10.0. The van der Waals surface area contributed by atoms with E-state index in [1.807, 2.05) is 0 Å². The first-order valence-corrected chi connectivity index (χ1v) is 34.0. The second-order valence-corrected chi connectivity index (χ2v) is 22.0. The molecule has 0 aromatic rings. The number of carbonyl (C=O) groups is 3. The van der Waals surface area contributed by atoms with Gasteiger partial charge in [0.2, 0.25) is 0 Å². The minimum atomic E-state index is -0.812. The Morgan fingerprint density at radius 2 is 0.470 bits per heavy atom. The fraction of sp³-hybridized carbons (Fsp3) is 0.623. The molecular formula is C77H124O6. The average molecular weight is 1150 g/mol. The van der Waals surface area contributed by atoms with Gasteiger partial charge in [-0.05, 0) is 148 Å². The van der Waals surface area contributed by atoms with Crippen molar-refractivity contribution in [2.45, 2.75) is 297 Å². The van der Waals surface area contributed by atoms with Crippen molar-refractivity contribution in [3.63, 3.8) is 0 Å². The molecule has 0 saturated carbocycles. The van der Waals surface area contributed by atoms with E-state index in [0.717, 1.165) is 161 Å². The van der Waals surface area contributed by atoms with Gasteiger partial charge in [-0.3, -0.25) is 14.4 Å². The molecule has 0 aliphatic carbocycles. The standard InChI is InChI=1S/C77H124O6/c1-4-7-10-13-16-19-22-25-28-30-32-34-36-38-40-42-44-46-49-52-55-58-61-64-67-70-76(79)82-73-74(72-81-75(78)69-66-63-60-57-54-51-48-27-24-21-18-15-12-9-6-3)83-77(80)71-68-65-62-59-56-53-50-47-45-43-41-39-37-35-33-31-29-26-23-20-17-14-11-8-5-2/h7,9-10,12,16,18-19,21,23,25-28,31-34,37-40,44,46,48,52,55,74H,4-6,8,11,13-15,17,20,22,24,29-30,35-36,41-43,45,47,49-51,53-54,56-73H2,1-3H3/b10-7-,12-9-,19-16-,21-18-,26-23-,28-25-,33-31-,34-32-,39-37-,40-38-,46-44-,48-27-,55-52-. The van der Waals surface area contributed by atoms with Gasteiger partial charge in [-0.15, -0.1) is 0 Å². The number of allylic oxidation sites excluding steroid dienone is 26. The lowest BCUT2D eigenvalue weighted by Gasteiger charge is -2.18. The Hall–Kier alpha value is -4.97. The fourth-order valence-electron chi connectivity index (χ4n) is 8.97. The summed E-state index contributed by atoms with van der Waals surface area (Å²) in [6.45, 7) is 6.36. The Kier molecular flexibility index (Phi) is 65.4. The molecule has 0 heterocycles. The molecule has 0 aromatic carbocycles. The van der Waals surface area contributed by atoms with Crippen molar-refractivity contribution in [1.82, 2.24) is 0 Å². The van der Waals surface area contributed by atoms with Gasteiger partial charge in [0.15, 0.2) is 6.10 Å². The third-order valence-corrected chi connectivity index (χ3v) is 14.0. The van der Waals surface area contributed by atoms with Gasteiger partial charge in [-0.25, -0.2) is 0 Å². The molecule has 0 radical (unpaired) electrons. The first kappa shape index (κ1) is 78.0. The lowest BCUT2D eigenvalue weighted by molar-refractivity contribution is -0.167. The first-order chi connectivity index (χ1) is 41.0. The van der Waals surface area contributed by atoms with Crippen LogP contribution in [0.3, 0.4) is 0 Å². The molecule has 0 spiro atoms. The third kappa shape index (κ3) is 67.7. The number of esters is 3. The van der Waals surface area contributed by atoms with Crippen molar-refractivity contribution in [2.75, 3.05) is 13.2 Å². The molecule has 0 saturated heterocycles. The van der Waals surface area contributed by atoms with Gasteiger partial charge in [0, 0.05) is 19.3 Å². The van der Waals surface area contributed by atoms with Crippen LogP contribution >= 0.6 is 0 Å². The highest BCUT2D eigenvalue weighted by Gasteiger charge is 2.19. The Bertz CT molecular complexity index is 1840. The maximum atomic E-state index is 13.0. The monoisotopic (exact) mass is 1140 g/mol. The molecule has 0 amide bonds. The van der Waals surface area contributed by atoms with Gasteiger partial charge < -0.3 is 14.2 Å². The Balaban J connectivity index is 4.47. The SMILES string of the molecule is CC/C=C\C/C=C\C/C=C\C/C=C\C/C=C\C/C=C\C/C=C\CCCCCC(=O)OCC(COC(=O)CCCCCCC/C=C\C/C=C\C/C=C\CC)OC(=O)CCCCCCCCCCCC/C=C\C/C=C\C/C=C\CCCCCCC. The zero-order chi connectivity index (χ0) is 59.9. The van der Waals surface area contributed by atoms with Crippen LogP contribution in [0, 0.1) is 0 Å². The maximum absolute atomic E-state index is 13.0. The zero-order valence-corrected chi connectivity index (χ0v) is 53.7. The number of hydrogen-bond donors (Lipinski definition) is 0. The number of rotatable bonds is 60. The quantitative estimate of drug-likeness (QED) is 0.0261. The highest BCUT2D eigenvalue weighted by molar-refractivity contribution is 5.71. The Morgan fingerprint density at radius 3 is 0.747 bits per heavy atom. The van der Waals surface area contributed by atoms with Crippen LogP contribution in [0.5, 0.6) is 0 Å². The van der Waals surface area contributed by atoms with Crippen LogP contribution < -0.4 is 0 Å². The summed E-state index contributed by atoms with van der Waals surface area (Å²) in [6.07, 6.45) is 101. The molecule has 6 heteroatoms. The van der Waals surface area contributed by atoms with Crippen LogP contribution in [0.15, 0.2) is 158 Å². The average Bonchev–Trinajstić information content (AvgIpc) is 3.49. The lowest BCUT2D eigenvalue weighted by Crippen LogP contribution is -2.30. The molecule has 0 aliphatic rings. The van der Waals surface area contributed by atoms with Crippen LogP contribution in [-0.4, -0.2) is 37.2 Å². The molecule has 1 unspecified atom stereocenters. The molecule has 0 N–H and O–H groups in total. The van der Waals surface area contributed by atoms with Gasteiger partial charge in [0.1, 0.15) is 13.2 Å². The minimum Gasteiger partial charge on any atom is -0.462 e. The molecule has 0 bridgehead atoms. The number of hydrogen-bond acceptors (Lipinski definition) is 6. The van der Waals surface area contributed by atoms with E-state index in [2.05, 4.69) is 179 Å². The normalized spacial score (nSPS) is 13.1. The predicted molar refractivity (Wildman–Crippen MR) is 362 cm³/mol. The molecule has 6 nitrogen and oxygen atoms in total. The van der Waals surface area contributed by atoms with E-state index in [1.54, 1.807) is 0 Å². The predicted octanol–water partition coefficient (Wildman–Crippen LogP) is 23.7. The van der Waals surface area contributed by atoms with Crippen LogP contribution in [0.1, 0.15) is 290 Å². The van der Waals surface area contributed by atoms with Crippen molar-refractivity contribution >= 4 is 17.9 Å². The van der Waals surface area contributed by atoms with E-state index < -0.39 is 6.10 Å². The molecule has 468 valence electrons. The summed E-state index contributed by atoms with van der Waals surface area (Å²) in [5.41, 5.74) is 0. The molecule has 83 heavy (non-hydrogen) atoms. The van der Waals surface area contributed by atoms with Crippen LogP contribution in [0.4, 0.5) is 0 Å². The molecule has 0 fully saturated rings. The number of ether oxygens (including phenoxy) is 3. The van der Waals surface area contributed by atoms with Crippen LogP contribution in [0.25, 0.3) is 0 Å². The Labute approximate surface area is 511 Å². The van der Waals surface area contributed by atoms with E-state index in [1.165, 1.54) is 89.9 Å². The fourth-order valence-corrected chi connectivity index (χ4v) is 8.97. The van der Waals surface area contributed by atoms with Crippen LogP contribution in [0.2, 0.25) is 0 Å². The summed E-state index contributed by atoms with van der Waals surface area (Å²) in [4.78, 5) is 38.4. The summed E-state index contributed by atoms with van der Waals surface area (Å²) >= 11 is 0. The summed E-state index contributed by atoms with van der Waals surface area (Å²) in [5, 5.41) is 0. The molecular weight excluding hydrogens is 1020 g/mol. The van der Waals surface area contributed by atoms with Crippen LogP contribution in [-0.2, 0) is 28.6 Å². The molecule has 0 rings (SSSR count). The summed E-state index contributed by atoms with van der Waals surface area (Å²) in [5.74, 6) is -0.958. The van der Waals surface area contributed by atoms with Crippen molar-refractivity contribution < 1.29 is 28.6 Å². The van der Waals surface area contributed by atoms with Gasteiger partial charge in [0.05, 0.1) is 0 Å². The summed E-state index contributed by atoms with van der Waals surface area (Å²) in [6, 6.07) is 0. The Morgan fingerprint density at radius 1 is 0.253 bits per heavy atom.